The molecule has 3 N–H and O–H groups in total. The van der Waals surface area contributed by atoms with Crippen LogP contribution in [-0.4, -0.2) is 47.4 Å². The Labute approximate surface area is 419 Å². The molecule has 0 fully saturated rings. The molecule has 1 amide bonds. The van der Waals surface area contributed by atoms with Crippen molar-refractivity contribution in [1.29, 1.82) is 0 Å². The average Bonchev–Trinajstić information content (AvgIpc) is 3.33. The summed E-state index contributed by atoms with van der Waals surface area (Å²) < 4.78 is 5.50. The zero-order valence-corrected chi connectivity index (χ0v) is 45.4. The number of amides is 1. The first kappa shape index (κ1) is 65.6. The number of carbonyl (C=O) groups is 2. The fourth-order valence-corrected chi connectivity index (χ4v) is 9.64. The van der Waals surface area contributed by atoms with Gasteiger partial charge >= 0.3 is 5.97 Å². The van der Waals surface area contributed by atoms with Crippen molar-refractivity contribution in [2.24, 2.45) is 0 Å². The van der Waals surface area contributed by atoms with Crippen LogP contribution in [0.5, 0.6) is 0 Å². The number of hydrogen-bond donors (Lipinski definition) is 3. The summed E-state index contributed by atoms with van der Waals surface area (Å²) in [5, 5.41) is 23.2. The van der Waals surface area contributed by atoms with E-state index in [4.69, 9.17) is 4.74 Å². The molecule has 0 aromatic heterocycles. The van der Waals surface area contributed by atoms with Gasteiger partial charge in [0.2, 0.25) is 5.91 Å². The first-order valence-electron chi connectivity index (χ1n) is 30.4. The molecular formula is C61H119NO5. The van der Waals surface area contributed by atoms with E-state index in [9.17, 15) is 19.8 Å². The van der Waals surface area contributed by atoms with E-state index in [0.29, 0.717) is 25.9 Å². The van der Waals surface area contributed by atoms with E-state index in [1.54, 1.807) is 0 Å². The molecule has 6 heteroatoms. The number of nitrogens with one attached hydrogen (secondary N) is 1. The molecule has 0 aliphatic rings. The predicted molar refractivity (Wildman–Crippen MR) is 292 cm³/mol. The van der Waals surface area contributed by atoms with E-state index in [1.807, 2.05) is 0 Å². The Bertz CT molecular complexity index is 1000. The van der Waals surface area contributed by atoms with E-state index < -0.39 is 12.1 Å². The lowest BCUT2D eigenvalue weighted by atomic mass is 10.0. The number of hydrogen-bond acceptors (Lipinski definition) is 5. The highest BCUT2D eigenvalue weighted by molar-refractivity contribution is 5.76. The topological polar surface area (TPSA) is 95.9 Å². The summed E-state index contributed by atoms with van der Waals surface area (Å²) in [5.41, 5.74) is 0. The van der Waals surface area contributed by atoms with Crippen LogP contribution < -0.4 is 5.32 Å². The lowest BCUT2D eigenvalue weighted by molar-refractivity contribution is -0.143. The van der Waals surface area contributed by atoms with E-state index in [0.717, 1.165) is 44.9 Å². The molecule has 6 nitrogen and oxygen atoms in total. The molecule has 2 unspecified atom stereocenters. The van der Waals surface area contributed by atoms with Gasteiger partial charge in [0.25, 0.3) is 0 Å². The van der Waals surface area contributed by atoms with Gasteiger partial charge in [-0.3, -0.25) is 9.59 Å². The number of aliphatic hydroxyl groups excluding tert-OH is 2. The van der Waals surface area contributed by atoms with Gasteiger partial charge < -0.3 is 20.3 Å². The second-order valence-electron chi connectivity index (χ2n) is 21.0. The average molecular weight is 947 g/mol. The van der Waals surface area contributed by atoms with Gasteiger partial charge in [-0.2, -0.15) is 0 Å². The van der Waals surface area contributed by atoms with Crippen molar-refractivity contribution in [3.63, 3.8) is 0 Å². The number of unbranched alkanes of at least 4 members (excludes halogenated alkanes) is 44. The van der Waals surface area contributed by atoms with E-state index >= 15 is 0 Å². The standard InChI is InChI=1S/C61H119NO5/c1-3-5-7-9-11-13-15-16-17-18-26-29-32-35-39-43-47-51-55-61(66)67-56-52-48-44-40-36-33-30-27-24-22-20-19-21-23-25-28-31-34-38-42-46-50-54-60(65)62-58(57-63)59(64)53-49-45-41-37-14-12-10-8-6-4-2/h17-18,58-59,63-64H,3-16,19-57H2,1-2H3,(H,62,65)/b18-17-. The maximum Gasteiger partial charge on any atom is 0.305 e. The Hall–Kier alpha value is -1.40. The number of aliphatic hydroxyl groups is 2. The van der Waals surface area contributed by atoms with Crippen LogP contribution in [0.25, 0.3) is 0 Å². The SMILES string of the molecule is CCCCCCCCC/C=C\CCCCCCCCCC(=O)OCCCCCCCCCCCCCCCCCCCCCCCCC(=O)NC(CO)C(O)CCCCCCCCCCCC. The van der Waals surface area contributed by atoms with Crippen molar-refractivity contribution >= 4 is 11.9 Å². The second kappa shape index (κ2) is 57.2. The molecule has 0 radical (unpaired) electrons. The summed E-state index contributed by atoms with van der Waals surface area (Å²) in [5.74, 6) is -0.0246. The van der Waals surface area contributed by atoms with Crippen molar-refractivity contribution in [2.75, 3.05) is 13.2 Å². The van der Waals surface area contributed by atoms with Crippen LogP contribution in [-0.2, 0) is 14.3 Å². The monoisotopic (exact) mass is 946 g/mol. The number of carbonyl (C=O) groups excluding carboxylic acids is 2. The van der Waals surface area contributed by atoms with Gasteiger partial charge in [0.1, 0.15) is 0 Å². The maximum absolute atomic E-state index is 12.4. The zero-order valence-electron chi connectivity index (χ0n) is 45.4. The minimum Gasteiger partial charge on any atom is -0.466 e. The lowest BCUT2D eigenvalue weighted by Crippen LogP contribution is -2.45. The molecule has 2 atom stereocenters. The Morgan fingerprint density at radius 3 is 1.06 bits per heavy atom. The van der Waals surface area contributed by atoms with E-state index in [1.165, 1.54) is 263 Å². The minimum absolute atomic E-state index is 0.0109. The quantitative estimate of drug-likeness (QED) is 0.0321. The molecular weight excluding hydrogens is 827 g/mol. The third kappa shape index (κ3) is 53.8. The van der Waals surface area contributed by atoms with Gasteiger partial charge in [-0.05, 0) is 51.4 Å². The normalized spacial score (nSPS) is 12.6. The summed E-state index contributed by atoms with van der Waals surface area (Å²) in [4.78, 5) is 24.5. The molecule has 0 bridgehead atoms. The number of rotatable bonds is 57. The molecule has 0 saturated carbocycles. The number of ether oxygens (including phenoxy) is 1. The minimum atomic E-state index is -0.662. The summed E-state index contributed by atoms with van der Waals surface area (Å²) in [7, 11) is 0. The Kier molecular flexibility index (Phi) is 56.0. The largest absolute Gasteiger partial charge is 0.466 e. The summed E-state index contributed by atoms with van der Waals surface area (Å²) in [6.07, 6.45) is 68.0. The number of esters is 1. The molecule has 0 aromatic carbocycles. The highest BCUT2D eigenvalue weighted by Gasteiger charge is 2.20. The summed E-state index contributed by atoms with van der Waals surface area (Å²) in [6, 6.07) is -0.539. The third-order valence-electron chi connectivity index (χ3n) is 14.3. The molecule has 67 heavy (non-hydrogen) atoms. The molecule has 0 rings (SSSR count). The molecule has 0 heterocycles. The van der Waals surface area contributed by atoms with E-state index in [2.05, 4.69) is 31.3 Å². The van der Waals surface area contributed by atoms with Gasteiger partial charge in [-0.1, -0.05) is 289 Å². The van der Waals surface area contributed by atoms with Crippen molar-refractivity contribution in [3.8, 4) is 0 Å². The van der Waals surface area contributed by atoms with Gasteiger partial charge in [0, 0.05) is 12.8 Å². The van der Waals surface area contributed by atoms with Crippen molar-refractivity contribution in [3.05, 3.63) is 12.2 Å². The Morgan fingerprint density at radius 2 is 0.701 bits per heavy atom. The fraction of sp³-hybridized carbons (Fsp3) is 0.934. The second-order valence-corrected chi connectivity index (χ2v) is 21.0. The van der Waals surface area contributed by atoms with E-state index in [-0.39, 0.29) is 18.5 Å². The maximum atomic E-state index is 12.4. The molecule has 0 saturated heterocycles. The highest BCUT2D eigenvalue weighted by atomic mass is 16.5. The zero-order chi connectivity index (χ0) is 48.6. The van der Waals surface area contributed by atoms with Gasteiger partial charge in [-0.25, -0.2) is 0 Å². The van der Waals surface area contributed by atoms with Gasteiger partial charge in [-0.15, -0.1) is 0 Å². The Morgan fingerprint density at radius 1 is 0.403 bits per heavy atom. The third-order valence-corrected chi connectivity index (χ3v) is 14.3. The first-order chi connectivity index (χ1) is 33.0. The highest BCUT2D eigenvalue weighted by Crippen LogP contribution is 2.18. The van der Waals surface area contributed by atoms with Crippen LogP contribution in [0.2, 0.25) is 0 Å². The molecule has 0 spiro atoms. The van der Waals surface area contributed by atoms with Crippen molar-refractivity contribution < 1.29 is 24.5 Å². The molecule has 0 aliphatic carbocycles. The van der Waals surface area contributed by atoms with Gasteiger partial charge in [0.05, 0.1) is 25.4 Å². The van der Waals surface area contributed by atoms with Crippen LogP contribution in [0.15, 0.2) is 12.2 Å². The fourth-order valence-electron chi connectivity index (χ4n) is 9.64. The molecule has 0 aliphatic heterocycles. The van der Waals surface area contributed by atoms with Crippen molar-refractivity contribution in [2.45, 2.75) is 353 Å². The van der Waals surface area contributed by atoms with Crippen LogP contribution in [0, 0.1) is 0 Å². The lowest BCUT2D eigenvalue weighted by Gasteiger charge is -2.22. The molecule has 398 valence electrons. The summed E-state index contributed by atoms with van der Waals surface area (Å²) >= 11 is 0. The first-order valence-corrected chi connectivity index (χ1v) is 30.4. The summed E-state index contributed by atoms with van der Waals surface area (Å²) in [6.45, 7) is 4.95. The van der Waals surface area contributed by atoms with Crippen LogP contribution in [0.3, 0.4) is 0 Å². The Balaban J connectivity index is 3.33. The smallest absolute Gasteiger partial charge is 0.305 e. The van der Waals surface area contributed by atoms with Crippen LogP contribution in [0.4, 0.5) is 0 Å². The van der Waals surface area contributed by atoms with Gasteiger partial charge in [0.15, 0.2) is 0 Å². The van der Waals surface area contributed by atoms with Crippen molar-refractivity contribution in [1.82, 2.24) is 5.32 Å². The predicted octanol–water partition coefficient (Wildman–Crippen LogP) is 18.9. The van der Waals surface area contributed by atoms with Crippen LogP contribution >= 0.6 is 0 Å². The number of allylic oxidation sites excluding steroid dienone is 2. The molecule has 0 aromatic rings. The van der Waals surface area contributed by atoms with Crippen LogP contribution in [0.1, 0.15) is 341 Å².